The second-order valence-corrected chi connectivity index (χ2v) is 6.08. The van der Waals surface area contributed by atoms with Gasteiger partial charge in [0.2, 0.25) is 0 Å². The second-order valence-electron chi connectivity index (χ2n) is 5.67. The third-order valence-electron chi connectivity index (χ3n) is 2.45. The van der Waals surface area contributed by atoms with E-state index in [2.05, 4.69) is 5.32 Å². The summed E-state index contributed by atoms with van der Waals surface area (Å²) in [6.07, 6.45) is -1.19. The zero-order chi connectivity index (χ0) is 16.3. The molecule has 118 valence electrons. The lowest BCUT2D eigenvalue weighted by atomic mass is 10.1. The van der Waals surface area contributed by atoms with Gasteiger partial charge in [0, 0.05) is 17.1 Å². The Hall–Kier alpha value is -1.40. The minimum atomic E-state index is -3.01. The Morgan fingerprint density at radius 3 is 2.48 bits per heavy atom. The first kappa shape index (κ1) is 17.7. The molecule has 0 aromatic heterocycles. The van der Waals surface area contributed by atoms with E-state index >= 15 is 0 Å². The molecule has 21 heavy (non-hydrogen) atoms. The number of ether oxygens (including phenoxy) is 1. The van der Waals surface area contributed by atoms with Crippen molar-refractivity contribution in [1.82, 2.24) is 0 Å². The number of hydrogen-bond donors (Lipinski definition) is 2. The summed E-state index contributed by atoms with van der Waals surface area (Å²) in [6, 6.07) is 4.31. The number of amides is 1. The van der Waals surface area contributed by atoms with Gasteiger partial charge in [-0.2, -0.15) is 0 Å². The first-order valence-corrected chi connectivity index (χ1v) is 6.76. The van der Waals surface area contributed by atoms with Crippen molar-refractivity contribution >= 4 is 23.4 Å². The van der Waals surface area contributed by atoms with E-state index in [0.717, 1.165) is 0 Å². The molecule has 0 saturated carbocycles. The Labute approximate surface area is 127 Å². The third-order valence-corrected chi connectivity index (χ3v) is 2.80. The molecule has 1 aromatic carbocycles. The van der Waals surface area contributed by atoms with Gasteiger partial charge >= 0.3 is 6.09 Å². The van der Waals surface area contributed by atoms with Gasteiger partial charge in [0.15, 0.2) is 0 Å². The summed E-state index contributed by atoms with van der Waals surface area (Å²) in [6.45, 7) is 4.45. The summed E-state index contributed by atoms with van der Waals surface area (Å²) >= 11 is 5.94. The highest BCUT2D eigenvalue weighted by Crippen LogP contribution is 2.27. The minimum Gasteiger partial charge on any atom is -0.444 e. The van der Waals surface area contributed by atoms with Crippen molar-refractivity contribution in [2.45, 2.75) is 38.7 Å². The van der Waals surface area contributed by atoms with Crippen molar-refractivity contribution < 1.29 is 18.3 Å². The van der Waals surface area contributed by atoms with E-state index in [0.29, 0.717) is 5.69 Å². The summed E-state index contributed by atoms with van der Waals surface area (Å²) < 4.78 is 31.6. The van der Waals surface area contributed by atoms with Crippen molar-refractivity contribution in [1.29, 1.82) is 0 Å². The molecule has 0 saturated heterocycles. The fourth-order valence-electron chi connectivity index (χ4n) is 1.54. The number of nitrogens with two attached hydrogens (primary N) is 1. The highest BCUT2D eigenvalue weighted by Gasteiger charge is 2.28. The predicted molar refractivity (Wildman–Crippen MR) is 79.0 cm³/mol. The van der Waals surface area contributed by atoms with Crippen molar-refractivity contribution in [2.24, 2.45) is 5.73 Å². The maximum absolute atomic E-state index is 13.2. The number of rotatable bonds is 4. The van der Waals surface area contributed by atoms with Crippen LogP contribution in [0.3, 0.4) is 0 Å². The van der Waals surface area contributed by atoms with E-state index in [1.807, 2.05) is 0 Å². The van der Waals surface area contributed by atoms with Gasteiger partial charge in [0.05, 0.1) is 6.54 Å². The van der Waals surface area contributed by atoms with Crippen LogP contribution in [0.1, 0.15) is 26.3 Å². The normalized spacial score (nSPS) is 12.1. The topological polar surface area (TPSA) is 64.3 Å². The Morgan fingerprint density at radius 1 is 1.38 bits per heavy atom. The molecule has 0 aliphatic rings. The molecule has 1 aromatic rings. The van der Waals surface area contributed by atoms with Gasteiger partial charge in [0.1, 0.15) is 5.60 Å². The molecule has 0 radical (unpaired) electrons. The summed E-state index contributed by atoms with van der Waals surface area (Å²) in [4.78, 5) is 11.6. The Kier molecular flexibility index (Phi) is 5.53. The number of carbonyl (C=O) groups excluding carboxylic acids is 1. The SMILES string of the molecule is CC(C)(C)OC(=O)Nc1ccc(CC(F)(F)CN)c(Cl)c1. The number of carbonyl (C=O) groups is 1. The van der Waals surface area contributed by atoms with E-state index in [9.17, 15) is 13.6 Å². The van der Waals surface area contributed by atoms with Crippen molar-refractivity contribution in [3.63, 3.8) is 0 Å². The van der Waals surface area contributed by atoms with Gasteiger partial charge in [-0.1, -0.05) is 17.7 Å². The van der Waals surface area contributed by atoms with Crippen LogP contribution < -0.4 is 11.1 Å². The minimum absolute atomic E-state index is 0.136. The average molecular weight is 321 g/mol. The highest BCUT2D eigenvalue weighted by atomic mass is 35.5. The number of alkyl halides is 2. The number of anilines is 1. The summed E-state index contributed by atoms with van der Waals surface area (Å²) in [7, 11) is 0. The fraction of sp³-hybridized carbons (Fsp3) is 0.500. The Morgan fingerprint density at radius 2 is 2.00 bits per heavy atom. The van der Waals surface area contributed by atoms with Crippen molar-refractivity contribution in [2.75, 3.05) is 11.9 Å². The van der Waals surface area contributed by atoms with Crippen LogP contribution in [0.25, 0.3) is 0 Å². The molecule has 1 rings (SSSR count). The first-order valence-electron chi connectivity index (χ1n) is 6.39. The Bertz CT molecular complexity index is 516. The number of benzene rings is 1. The zero-order valence-corrected chi connectivity index (χ0v) is 12.9. The molecule has 0 aliphatic carbocycles. The maximum atomic E-state index is 13.2. The monoisotopic (exact) mass is 320 g/mol. The zero-order valence-electron chi connectivity index (χ0n) is 12.2. The molecule has 7 heteroatoms. The molecular weight excluding hydrogens is 302 g/mol. The van der Waals surface area contributed by atoms with Gasteiger partial charge in [-0.3, -0.25) is 5.32 Å². The van der Waals surface area contributed by atoms with Crippen molar-refractivity contribution in [3.8, 4) is 0 Å². The lowest BCUT2D eigenvalue weighted by molar-refractivity contribution is 0.0115. The smallest absolute Gasteiger partial charge is 0.412 e. The standard InChI is InChI=1S/C14H19ClF2N2O2/c1-13(2,3)21-12(20)19-10-5-4-9(11(15)6-10)7-14(16,17)8-18/h4-6H,7-8,18H2,1-3H3,(H,19,20). The largest absolute Gasteiger partial charge is 0.444 e. The molecule has 0 aliphatic heterocycles. The fourth-order valence-corrected chi connectivity index (χ4v) is 1.79. The number of hydrogen-bond acceptors (Lipinski definition) is 3. The molecule has 3 N–H and O–H groups in total. The van der Waals surface area contributed by atoms with E-state index in [1.54, 1.807) is 20.8 Å². The van der Waals surface area contributed by atoms with Crippen LogP contribution in [0.4, 0.5) is 19.3 Å². The van der Waals surface area contributed by atoms with Crippen LogP contribution in [0.15, 0.2) is 18.2 Å². The molecule has 0 fully saturated rings. The Balaban J connectivity index is 2.77. The molecular formula is C14H19ClF2N2O2. The summed E-state index contributed by atoms with van der Waals surface area (Å²) in [5, 5.41) is 2.62. The molecule has 0 bridgehead atoms. The molecule has 0 heterocycles. The predicted octanol–water partition coefficient (Wildman–Crippen LogP) is 3.82. The highest BCUT2D eigenvalue weighted by molar-refractivity contribution is 6.31. The lowest BCUT2D eigenvalue weighted by Crippen LogP contribution is -2.30. The molecule has 0 unspecified atom stereocenters. The molecule has 0 spiro atoms. The number of nitrogens with one attached hydrogen (secondary N) is 1. The van der Waals surface area contributed by atoms with E-state index < -0.39 is 30.6 Å². The average Bonchev–Trinajstić information content (AvgIpc) is 2.30. The molecule has 4 nitrogen and oxygen atoms in total. The van der Waals surface area contributed by atoms with Gasteiger partial charge in [-0.15, -0.1) is 0 Å². The van der Waals surface area contributed by atoms with Crippen LogP contribution >= 0.6 is 11.6 Å². The molecule has 1 amide bonds. The van der Waals surface area contributed by atoms with Crippen LogP contribution in [0, 0.1) is 0 Å². The van der Waals surface area contributed by atoms with Crippen LogP contribution in [-0.2, 0) is 11.2 Å². The third kappa shape index (κ3) is 6.27. The van der Waals surface area contributed by atoms with E-state index in [4.69, 9.17) is 22.1 Å². The summed E-state index contributed by atoms with van der Waals surface area (Å²) in [5.41, 5.74) is 5.00. The van der Waals surface area contributed by atoms with Crippen LogP contribution in [0.5, 0.6) is 0 Å². The first-order chi connectivity index (χ1) is 9.52. The van der Waals surface area contributed by atoms with Crippen LogP contribution in [0.2, 0.25) is 5.02 Å². The second kappa shape index (κ2) is 6.58. The van der Waals surface area contributed by atoms with E-state index in [-0.39, 0.29) is 10.6 Å². The lowest BCUT2D eigenvalue weighted by Gasteiger charge is -2.20. The van der Waals surface area contributed by atoms with Crippen LogP contribution in [-0.4, -0.2) is 24.2 Å². The number of halogens is 3. The quantitative estimate of drug-likeness (QED) is 0.886. The summed E-state index contributed by atoms with van der Waals surface area (Å²) in [5.74, 6) is -3.01. The van der Waals surface area contributed by atoms with Gasteiger partial charge in [-0.05, 0) is 38.5 Å². The van der Waals surface area contributed by atoms with Gasteiger partial charge in [-0.25, -0.2) is 13.6 Å². The molecule has 0 atom stereocenters. The van der Waals surface area contributed by atoms with Gasteiger partial charge < -0.3 is 10.5 Å². The van der Waals surface area contributed by atoms with Gasteiger partial charge in [0.25, 0.3) is 5.92 Å². The van der Waals surface area contributed by atoms with E-state index in [1.165, 1.54) is 18.2 Å². The maximum Gasteiger partial charge on any atom is 0.412 e. The van der Waals surface area contributed by atoms with Crippen molar-refractivity contribution in [3.05, 3.63) is 28.8 Å².